The van der Waals surface area contributed by atoms with E-state index in [1.54, 1.807) is 0 Å². The molecule has 1 saturated heterocycles. The largest absolute Gasteiger partial charge is 0.490 e. The zero-order valence-electron chi connectivity index (χ0n) is 15.4. The Morgan fingerprint density at radius 1 is 1.00 bits per heavy atom. The average Bonchev–Trinajstić information content (AvgIpc) is 2.68. The lowest BCUT2D eigenvalue weighted by molar-refractivity contribution is 0.162. The van der Waals surface area contributed by atoms with Crippen molar-refractivity contribution in [1.29, 1.82) is 0 Å². The number of ether oxygens (including phenoxy) is 1. The van der Waals surface area contributed by atoms with E-state index in [0.29, 0.717) is 6.10 Å². The van der Waals surface area contributed by atoms with Gasteiger partial charge < -0.3 is 15.0 Å². The van der Waals surface area contributed by atoms with Gasteiger partial charge >= 0.3 is 0 Å². The Bertz CT molecular complexity index is 884. The Morgan fingerprint density at radius 2 is 1.77 bits per heavy atom. The van der Waals surface area contributed by atoms with Crippen molar-refractivity contribution in [3.8, 4) is 16.9 Å². The molecule has 1 aromatic heterocycles. The molecule has 1 aliphatic rings. The van der Waals surface area contributed by atoms with Crippen LogP contribution in [0.3, 0.4) is 0 Å². The highest BCUT2D eigenvalue weighted by Crippen LogP contribution is 2.36. The number of fused-ring (bicyclic) bond motifs is 1. The van der Waals surface area contributed by atoms with E-state index in [0.717, 1.165) is 48.3 Å². The topological polar surface area (TPSA) is 37.4 Å². The fourth-order valence-corrected chi connectivity index (χ4v) is 3.63. The number of pyridine rings is 1. The standard InChI is InChI=1S/C22H25N3O/c1-25(2)22-20(10-7-17-4-3-13-24-21(17)22)16-5-8-18(9-6-16)26-19-11-14-23-15-12-19/h3-10,13,19,23H,11-12,14-15H2,1-2H3. The lowest BCUT2D eigenvalue weighted by Gasteiger charge is -2.24. The molecular weight excluding hydrogens is 322 g/mol. The lowest BCUT2D eigenvalue weighted by atomic mass is 10.00. The summed E-state index contributed by atoms with van der Waals surface area (Å²) < 4.78 is 6.13. The molecule has 4 rings (SSSR count). The van der Waals surface area contributed by atoms with Crippen molar-refractivity contribution in [3.63, 3.8) is 0 Å². The van der Waals surface area contributed by atoms with Gasteiger partial charge in [0.2, 0.25) is 0 Å². The Hall–Kier alpha value is -2.59. The number of piperidine rings is 1. The molecule has 0 radical (unpaired) electrons. The maximum absolute atomic E-state index is 6.13. The fourth-order valence-electron chi connectivity index (χ4n) is 3.63. The van der Waals surface area contributed by atoms with E-state index < -0.39 is 0 Å². The summed E-state index contributed by atoms with van der Waals surface area (Å²) in [6.45, 7) is 2.08. The number of nitrogens with one attached hydrogen (secondary N) is 1. The molecule has 1 N–H and O–H groups in total. The van der Waals surface area contributed by atoms with E-state index in [1.807, 2.05) is 12.3 Å². The lowest BCUT2D eigenvalue weighted by Crippen LogP contribution is -2.34. The minimum absolute atomic E-state index is 0.323. The van der Waals surface area contributed by atoms with Crippen molar-refractivity contribution in [2.24, 2.45) is 0 Å². The molecule has 0 spiro atoms. The van der Waals surface area contributed by atoms with Gasteiger partial charge in [0, 0.05) is 31.2 Å². The molecule has 0 saturated carbocycles. The van der Waals surface area contributed by atoms with Gasteiger partial charge in [0.1, 0.15) is 11.9 Å². The molecule has 0 atom stereocenters. The van der Waals surface area contributed by atoms with Crippen LogP contribution < -0.4 is 15.0 Å². The summed E-state index contributed by atoms with van der Waals surface area (Å²) in [6, 6.07) is 16.9. The molecule has 4 heteroatoms. The summed E-state index contributed by atoms with van der Waals surface area (Å²) in [7, 11) is 4.14. The minimum atomic E-state index is 0.323. The molecule has 1 aliphatic heterocycles. The summed E-state index contributed by atoms with van der Waals surface area (Å²) in [4.78, 5) is 6.75. The van der Waals surface area contributed by atoms with Gasteiger partial charge in [-0.1, -0.05) is 30.3 Å². The Balaban J connectivity index is 1.65. The molecule has 134 valence electrons. The van der Waals surface area contributed by atoms with Crippen molar-refractivity contribution in [1.82, 2.24) is 10.3 Å². The molecule has 0 aliphatic carbocycles. The third-order valence-corrected chi connectivity index (χ3v) is 4.95. The number of hydrogen-bond donors (Lipinski definition) is 1. The fraction of sp³-hybridized carbons (Fsp3) is 0.318. The third-order valence-electron chi connectivity index (χ3n) is 4.95. The van der Waals surface area contributed by atoms with Crippen LogP contribution in [0, 0.1) is 0 Å². The third kappa shape index (κ3) is 3.37. The molecule has 0 bridgehead atoms. The molecule has 0 amide bonds. The van der Waals surface area contributed by atoms with E-state index in [9.17, 15) is 0 Å². The van der Waals surface area contributed by atoms with Gasteiger partial charge in [0.25, 0.3) is 0 Å². The van der Waals surface area contributed by atoms with Crippen LogP contribution in [0.2, 0.25) is 0 Å². The van der Waals surface area contributed by atoms with E-state index in [-0.39, 0.29) is 0 Å². The van der Waals surface area contributed by atoms with Crippen LogP contribution in [-0.2, 0) is 0 Å². The Morgan fingerprint density at radius 3 is 2.50 bits per heavy atom. The van der Waals surface area contributed by atoms with Gasteiger partial charge in [-0.3, -0.25) is 4.98 Å². The maximum Gasteiger partial charge on any atom is 0.119 e. The maximum atomic E-state index is 6.13. The van der Waals surface area contributed by atoms with Gasteiger partial charge in [-0.2, -0.15) is 0 Å². The summed E-state index contributed by atoms with van der Waals surface area (Å²) in [5.41, 5.74) is 4.55. The van der Waals surface area contributed by atoms with Crippen LogP contribution in [0.5, 0.6) is 5.75 Å². The number of rotatable bonds is 4. The number of hydrogen-bond acceptors (Lipinski definition) is 4. The van der Waals surface area contributed by atoms with E-state index >= 15 is 0 Å². The van der Waals surface area contributed by atoms with Gasteiger partial charge in [-0.25, -0.2) is 0 Å². The van der Waals surface area contributed by atoms with E-state index in [1.165, 1.54) is 11.1 Å². The van der Waals surface area contributed by atoms with Crippen molar-refractivity contribution in [3.05, 3.63) is 54.7 Å². The predicted octanol–water partition coefficient (Wildman–Crippen LogP) is 4.10. The van der Waals surface area contributed by atoms with Crippen LogP contribution in [0.1, 0.15) is 12.8 Å². The van der Waals surface area contributed by atoms with Crippen LogP contribution in [0.15, 0.2) is 54.7 Å². The van der Waals surface area contributed by atoms with Crippen LogP contribution >= 0.6 is 0 Å². The van der Waals surface area contributed by atoms with Crippen molar-refractivity contribution in [2.45, 2.75) is 18.9 Å². The number of benzene rings is 2. The first-order valence-electron chi connectivity index (χ1n) is 9.25. The van der Waals surface area contributed by atoms with Crippen LogP contribution in [-0.4, -0.2) is 38.3 Å². The molecule has 26 heavy (non-hydrogen) atoms. The molecule has 2 aromatic carbocycles. The van der Waals surface area contributed by atoms with Crippen molar-refractivity contribution >= 4 is 16.6 Å². The monoisotopic (exact) mass is 347 g/mol. The molecule has 2 heterocycles. The first-order valence-corrected chi connectivity index (χ1v) is 9.25. The smallest absolute Gasteiger partial charge is 0.119 e. The van der Waals surface area contributed by atoms with Gasteiger partial charge in [-0.05, 0) is 49.7 Å². The summed E-state index contributed by atoms with van der Waals surface area (Å²) >= 11 is 0. The van der Waals surface area contributed by atoms with Crippen molar-refractivity contribution < 1.29 is 4.74 Å². The normalized spacial score (nSPS) is 15.2. The molecule has 4 nitrogen and oxygen atoms in total. The van der Waals surface area contributed by atoms with Crippen LogP contribution in [0.4, 0.5) is 5.69 Å². The van der Waals surface area contributed by atoms with E-state index in [4.69, 9.17) is 4.74 Å². The second kappa shape index (κ2) is 7.34. The minimum Gasteiger partial charge on any atom is -0.490 e. The molecule has 0 unspecified atom stereocenters. The number of anilines is 1. The highest BCUT2D eigenvalue weighted by molar-refractivity contribution is 5.99. The van der Waals surface area contributed by atoms with Gasteiger partial charge in [0.15, 0.2) is 0 Å². The molecule has 3 aromatic rings. The summed E-state index contributed by atoms with van der Waals surface area (Å²) in [5.74, 6) is 0.950. The van der Waals surface area contributed by atoms with Gasteiger partial charge in [-0.15, -0.1) is 0 Å². The first kappa shape index (κ1) is 16.9. The van der Waals surface area contributed by atoms with Gasteiger partial charge in [0.05, 0.1) is 11.2 Å². The highest BCUT2D eigenvalue weighted by atomic mass is 16.5. The van der Waals surface area contributed by atoms with E-state index in [2.05, 4.69) is 71.8 Å². The van der Waals surface area contributed by atoms with Crippen LogP contribution in [0.25, 0.3) is 22.0 Å². The first-order chi connectivity index (χ1) is 12.7. The molecule has 1 fully saturated rings. The zero-order chi connectivity index (χ0) is 17.9. The van der Waals surface area contributed by atoms with Crippen molar-refractivity contribution in [2.75, 3.05) is 32.1 Å². The second-order valence-electron chi connectivity index (χ2n) is 7.02. The quantitative estimate of drug-likeness (QED) is 0.771. The average molecular weight is 347 g/mol. The summed E-state index contributed by atoms with van der Waals surface area (Å²) in [6.07, 6.45) is 4.32. The molecular formula is C22H25N3O. The predicted molar refractivity (Wildman–Crippen MR) is 108 cm³/mol. The number of aromatic nitrogens is 1. The zero-order valence-corrected chi connectivity index (χ0v) is 15.4. The highest BCUT2D eigenvalue weighted by Gasteiger charge is 2.15. The SMILES string of the molecule is CN(C)c1c(-c2ccc(OC3CCNCC3)cc2)ccc2cccnc12. The Kier molecular flexibility index (Phi) is 4.76. The second-order valence-corrected chi connectivity index (χ2v) is 7.02. The summed E-state index contributed by atoms with van der Waals surface area (Å²) in [5, 5.41) is 4.53. The number of nitrogens with zero attached hydrogens (tertiary/aromatic N) is 2. The Labute approximate surface area is 154 Å².